The van der Waals surface area contributed by atoms with Gasteiger partial charge in [-0.25, -0.2) is 0 Å². The van der Waals surface area contributed by atoms with Gasteiger partial charge in [0.05, 0.1) is 24.2 Å². The smallest absolute Gasteiger partial charge is 0.310 e. The van der Waals surface area contributed by atoms with Crippen molar-refractivity contribution in [2.75, 3.05) is 18.1 Å². The lowest BCUT2D eigenvalue weighted by Crippen LogP contribution is -2.60. The molecule has 3 aliphatic rings. The molecule has 2 aromatic rings. The summed E-state index contributed by atoms with van der Waals surface area (Å²) < 4.78 is 6.64. The van der Waals surface area contributed by atoms with Crippen LogP contribution in [-0.4, -0.2) is 69.3 Å². The Morgan fingerprint density at radius 2 is 1.95 bits per heavy atom. The van der Waals surface area contributed by atoms with Crippen LogP contribution in [-0.2, 0) is 19.1 Å². The van der Waals surface area contributed by atoms with E-state index in [0.717, 1.165) is 10.8 Å². The second kappa shape index (κ2) is 9.75. The van der Waals surface area contributed by atoms with E-state index >= 15 is 0 Å². The maximum atomic E-state index is 14.7. The Balaban J connectivity index is 1.67. The van der Waals surface area contributed by atoms with E-state index in [0.29, 0.717) is 18.5 Å². The molecular weight excluding hydrogens is 496 g/mol. The molecule has 3 aliphatic heterocycles. The number of rotatable bonds is 9. The van der Waals surface area contributed by atoms with Crippen molar-refractivity contribution in [1.29, 1.82) is 0 Å². The number of anilines is 1. The summed E-state index contributed by atoms with van der Waals surface area (Å²) in [6, 6.07) is 11.9. The Morgan fingerprint density at radius 3 is 2.56 bits per heavy atom. The first-order valence-corrected chi connectivity index (χ1v) is 13.8. The van der Waals surface area contributed by atoms with E-state index in [4.69, 9.17) is 4.74 Å². The van der Waals surface area contributed by atoms with Gasteiger partial charge in [-0.15, -0.1) is 6.58 Å². The van der Waals surface area contributed by atoms with Crippen LogP contribution in [0.15, 0.2) is 55.1 Å². The van der Waals surface area contributed by atoms with Gasteiger partial charge in [-0.1, -0.05) is 63.6 Å². The van der Waals surface area contributed by atoms with Gasteiger partial charge in [0, 0.05) is 12.2 Å². The third kappa shape index (κ3) is 3.83. The van der Waals surface area contributed by atoms with E-state index < -0.39 is 47.0 Å². The highest BCUT2D eigenvalue weighted by molar-refractivity contribution is 6.05. The van der Waals surface area contributed by atoms with Crippen molar-refractivity contribution in [1.82, 2.24) is 4.90 Å². The number of aliphatic hydroxyl groups excluding tert-OH is 1. The second-order valence-electron chi connectivity index (χ2n) is 11.7. The number of amides is 2. The summed E-state index contributed by atoms with van der Waals surface area (Å²) in [5.74, 6) is -4.27. The summed E-state index contributed by atoms with van der Waals surface area (Å²) in [5, 5.41) is 22.8. The molecule has 8 nitrogen and oxygen atoms in total. The molecule has 3 unspecified atom stereocenters. The maximum absolute atomic E-state index is 14.7. The van der Waals surface area contributed by atoms with Crippen LogP contribution in [0.3, 0.4) is 0 Å². The van der Waals surface area contributed by atoms with Gasteiger partial charge in [-0.05, 0) is 48.1 Å². The average molecular weight is 535 g/mol. The summed E-state index contributed by atoms with van der Waals surface area (Å²) in [6.07, 6.45) is 2.69. The van der Waals surface area contributed by atoms with Crippen molar-refractivity contribution in [3.63, 3.8) is 0 Å². The van der Waals surface area contributed by atoms with Crippen molar-refractivity contribution in [3.8, 4) is 0 Å². The molecule has 2 aromatic carbocycles. The van der Waals surface area contributed by atoms with Crippen molar-refractivity contribution in [3.05, 3.63) is 55.1 Å². The fraction of sp³-hybridized carbons (Fsp3) is 0.516. The summed E-state index contributed by atoms with van der Waals surface area (Å²) >= 11 is 0. The molecule has 8 heteroatoms. The molecule has 3 heterocycles. The molecule has 0 aromatic heterocycles. The van der Waals surface area contributed by atoms with Crippen LogP contribution in [0.1, 0.15) is 40.5 Å². The molecule has 208 valence electrons. The maximum Gasteiger partial charge on any atom is 0.310 e. The normalized spacial score (nSPS) is 32.7. The predicted octanol–water partition coefficient (Wildman–Crippen LogP) is 3.86. The summed E-state index contributed by atoms with van der Waals surface area (Å²) in [7, 11) is 0. The number of hydrogen-bond acceptors (Lipinski definition) is 5. The van der Waals surface area contributed by atoms with Crippen molar-refractivity contribution in [2.24, 2.45) is 23.7 Å². The number of carbonyl (C=O) groups excluding carboxylic acids is 2. The lowest BCUT2D eigenvalue weighted by atomic mass is 9.62. The fourth-order valence-electron chi connectivity index (χ4n) is 7.45. The van der Waals surface area contributed by atoms with Gasteiger partial charge in [0.25, 0.3) is 5.91 Å². The number of aliphatic carboxylic acids is 1. The number of carbonyl (C=O) groups is 3. The van der Waals surface area contributed by atoms with Gasteiger partial charge in [-0.3, -0.25) is 14.4 Å². The number of likely N-dealkylation sites (tertiary alicyclic amines) is 1. The number of nitrogens with zero attached hydrogens (tertiary/aromatic N) is 2. The minimum Gasteiger partial charge on any atom is -0.481 e. The predicted molar refractivity (Wildman–Crippen MR) is 148 cm³/mol. The lowest BCUT2D eigenvalue weighted by molar-refractivity contribution is -0.158. The van der Waals surface area contributed by atoms with Crippen LogP contribution in [0.25, 0.3) is 10.8 Å². The van der Waals surface area contributed by atoms with Gasteiger partial charge in [0.1, 0.15) is 17.6 Å². The van der Waals surface area contributed by atoms with Crippen molar-refractivity contribution >= 4 is 34.2 Å². The Morgan fingerprint density at radius 1 is 1.26 bits per heavy atom. The van der Waals surface area contributed by atoms with Crippen LogP contribution in [0.4, 0.5) is 5.69 Å². The number of ether oxygens (including phenoxy) is 1. The molecule has 0 radical (unpaired) electrons. The van der Waals surface area contributed by atoms with Gasteiger partial charge < -0.3 is 24.7 Å². The topological polar surface area (TPSA) is 107 Å². The third-order valence-corrected chi connectivity index (χ3v) is 9.72. The zero-order valence-electron chi connectivity index (χ0n) is 23.0. The first kappa shape index (κ1) is 27.3. The van der Waals surface area contributed by atoms with E-state index in [-0.39, 0.29) is 30.9 Å². The third-order valence-electron chi connectivity index (χ3n) is 9.72. The first-order chi connectivity index (χ1) is 18.5. The number of benzene rings is 2. The number of hydrogen-bond donors (Lipinski definition) is 2. The lowest BCUT2D eigenvalue weighted by Gasteiger charge is -2.41. The number of carboxylic acids is 1. The molecule has 2 N–H and O–H groups in total. The van der Waals surface area contributed by atoms with E-state index in [1.807, 2.05) is 63.2 Å². The van der Waals surface area contributed by atoms with E-state index in [9.17, 15) is 24.6 Å². The minimum absolute atomic E-state index is 0.119. The second-order valence-corrected chi connectivity index (χ2v) is 11.7. The van der Waals surface area contributed by atoms with Gasteiger partial charge >= 0.3 is 5.97 Å². The highest BCUT2D eigenvalue weighted by Crippen LogP contribution is 2.65. The SMILES string of the molecule is C=CCN(C(=O)C1N([C@@H](CO)[C@@H](C)CC)C(=O)[C@@H]2[C@@H](C(=O)O)[C@]3(C)OC12CC3C)c1ccc2ccccc2c1. The highest BCUT2D eigenvalue weighted by atomic mass is 16.5. The van der Waals surface area contributed by atoms with Gasteiger partial charge in [0.2, 0.25) is 5.91 Å². The van der Waals surface area contributed by atoms with Gasteiger partial charge in [-0.2, -0.15) is 0 Å². The summed E-state index contributed by atoms with van der Waals surface area (Å²) in [6.45, 7) is 11.3. The minimum atomic E-state index is -1.30. The number of fused-ring (bicyclic) bond motifs is 2. The Bertz CT molecular complexity index is 1330. The zero-order valence-corrected chi connectivity index (χ0v) is 23.0. The summed E-state index contributed by atoms with van der Waals surface area (Å²) in [5.41, 5.74) is -1.73. The Hall–Kier alpha value is -3.23. The molecule has 2 bridgehead atoms. The number of aliphatic hydroxyl groups is 1. The molecule has 39 heavy (non-hydrogen) atoms. The molecule has 8 atom stereocenters. The van der Waals surface area contributed by atoms with Crippen LogP contribution >= 0.6 is 0 Å². The number of carboxylic acid groups (broad SMARTS) is 1. The average Bonchev–Trinajstić information content (AvgIpc) is 3.43. The quantitative estimate of drug-likeness (QED) is 0.473. The van der Waals surface area contributed by atoms with Crippen molar-refractivity contribution < 1.29 is 29.3 Å². The molecule has 5 rings (SSSR count). The van der Waals surface area contributed by atoms with Crippen LogP contribution in [0.5, 0.6) is 0 Å². The Kier molecular flexibility index (Phi) is 6.84. The highest BCUT2D eigenvalue weighted by Gasteiger charge is 2.80. The molecule has 2 amide bonds. The van der Waals surface area contributed by atoms with Gasteiger partial charge in [0.15, 0.2) is 0 Å². The molecule has 3 saturated heterocycles. The van der Waals surface area contributed by atoms with E-state index in [2.05, 4.69) is 6.58 Å². The molecule has 3 fully saturated rings. The monoisotopic (exact) mass is 534 g/mol. The fourth-order valence-corrected chi connectivity index (χ4v) is 7.45. The molecular formula is C31H38N2O6. The first-order valence-electron chi connectivity index (χ1n) is 13.8. The van der Waals surface area contributed by atoms with E-state index in [1.54, 1.807) is 17.9 Å². The largest absolute Gasteiger partial charge is 0.481 e. The molecule has 1 spiro atoms. The Labute approximate surface area is 229 Å². The van der Waals surface area contributed by atoms with Crippen LogP contribution < -0.4 is 4.90 Å². The summed E-state index contributed by atoms with van der Waals surface area (Å²) in [4.78, 5) is 44.7. The van der Waals surface area contributed by atoms with E-state index in [1.165, 1.54) is 4.90 Å². The van der Waals surface area contributed by atoms with Crippen molar-refractivity contribution in [2.45, 2.75) is 63.8 Å². The standard InChI is InChI=1S/C31H38N2O6/c1-6-14-32(22-13-12-20-10-8-9-11-21(20)15-22)28(36)26-31-16-19(4)30(5,39-31)25(29(37)38)24(31)27(35)33(26)23(17-34)18(3)7-2/h6,8-13,15,18-19,23-26,34H,1,7,14,16-17H2,2-5H3,(H,37,38)/t18-,19?,23-,24-,25-,26?,30+,31?/m0/s1. The zero-order chi connectivity index (χ0) is 28.3. The molecule has 0 saturated carbocycles. The van der Waals surface area contributed by atoms with Crippen LogP contribution in [0.2, 0.25) is 0 Å². The molecule has 0 aliphatic carbocycles. The van der Waals surface area contributed by atoms with Crippen LogP contribution in [0, 0.1) is 23.7 Å².